The maximum atomic E-state index is 13.5. The van der Waals surface area contributed by atoms with Gasteiger partial charge < -0.3 is 10.1 Å². The van der Waals surface area contributed by atoms with E-state index in [9.17, 15) is 4.79 Å². The number of nitrogens with zero attached hydrogens (tertiary/aromatic N) is 5. The summed E-state index contributed by atoms with van der Waals surface area (Å²) in [7, 11) is 0. The molecule has 0 fully saturated rings. The summed E-state index contributed by atoms with van der Waals surface area (Å²) in [5, 5.41) is 8.26. The number of ether oxygens (including phenoxy) is 1. The number of amides is 1. The minimum atomic E-state index is -0.224. The third-order valence-corrected chi connectivity index (χ3v) is 6.51. The lowest BCUT2D eigenvalue weighted by Gasteiger charge is -2.12. The molecular formula is C26H24N6O2S. The number of carbonyl (C=O) groups is 1. The summed E-state index contributed by atoms with van der Waals surface area (Å²) in [5.41, 5.74) is 3.51. The lowest BCUT2D eigenvalue weighted by molar-refractivity contribution is 0.102. The van der Waals surface area contributed by atoms with E-state index in [2.05, 4.69) is 33.4 Å². The van der Waals surface area contributed by atoms with Gasteiger partial charge in [0.05, 0.1) is 27.7 Å². The van der Waals surface area contributed by atoms with Gasteiger partial charge in [-0.05, 0) is 75.7 Å². The highest BCUT2D eigenvalue weighted by Gasteiger charge is 2.20. The summed E-state index contributed by atoms with van der Waals surface area (Å²) in [6.45, 7) is 8.05. The van der Waals surface area contributed by atoms with Crippen LogP contribution >= 0.6 is 11.3 Å². The van der Waals surface area contributed by atoms with E-state index >= 15 is 0 Å². The van der Waals surface area contributed by atoms with Crippen LogP contribution in [0.5, 0.6) is 11.8 Å². The van der Waals surface area contributed by atoms with Crippen molar-refractivity contribution >= 4 is 34.0 Å². The highest BCUT2D eigenvalue weighted by molar-refractivity contribution is 7.15. The van der Waals surface area contributed by atoms with Gasteiger partial charge in [0.25, 0.3) is 5.91 Å². The van der Waals surface area contributed by atoms with Gasteiger partial charge in [0.1, 0.15) is 5.75 Å². The fraction of sp³-hybridized carbons (Fsp3) is 0.192. The highest BCUT2D eigenvalue weighted by Crippen LogP contribution is 2.31. The van der Waals surface area contributed by atoms with Crippen LogP contribution < -0.4 is 10.1 Å². The zero-order valence-corrected chi connectivity index (χ0v) is 20.6. The standard InChI is InChI=1S/C26H24N6O2S/c1-15(2)32-24-20(14-29-32)19(13-22(30-24)23-9-6-17(4)35-23)25(33)31-21-8-7-18(12-16(21)3)34-26-27-10-5-11-28-26/h5-15H,1-4H3,(H,31,33). The molecule has 1 N–H and O–H groups in total. The molecule has 0 unspecified atom stereocenters. The number of anilines is 1. The Balaban J connectivity index is 1.48. The molecule has 176 valence electrons. The zero-order chi connectivity index (χ0) is 24.5. The van der Waals surface area contributed by atoms with Crippen molar-refractivity contribution in [3.63, 3.8) is 0 Å². The van der Waals surface area contributed by atoms with Gasteiger partial charge in [0.2, 0.25) is 0 Å². The van der Waals surface area contributed by atoms with E-state index in [-0.39, 0.29) is 18.0 Å². The second-order valence-corrected chi connectivity index (χ2v) is 9.74. The molecule has 5 rings (SSSR count). The van der Waals surface area contributed by atoms with Crippen molar-refractivity contribution in [1.29, 1.82) is 0 Å². The summed E-state index contributed by atoms with van der Waals surface area (Å²) >= 11 is 1.65. The molecule has 0 aliphatic heterocycles. The largest absolute Gasteiger partial charge is 0.424 e. The molecule has 5 aromatic rings. The van der Waals surface area contributed by atoms with Gasteiger partial charge in [-0.25, -0.2) is 19.6 Å². The molecule has 9 heteroatoms. The predicted octanol–water partition coefficient (Wildman–Crippen LogP) is 6.19. The van der Waals surface area contributed by atoms with E-state index in [4.69, 9.17) is 9.72 Å². The van der Waals surface area contributed by atoms with Gasteiger partial charge in [-0.2, -0.15) is 5.10 Å². The van der Waals surface area contributed by atoms with Crippen molar-refractivity contribution in [3.8, 4) is 22.3 Å². The molecule has 1 amide bonds. The second kappa shape index (κ2) is 9.27. The normalized spacial score (nSPS) is 11.2. The molecule has 4 aromatic heterocycles. The maximum absolute atomic E-state index is 13.5. The monoisotopic (exact) mass is 484 g/mol. The van der Waals surface area contributed by atoms with Gasteiger partial charge in [-0.15, -0.1) is 11.3 Å². The number of benzene rings is 1. The number of aryl methyl sites for hydroxylation is 2. The van der Waals surface area contributed by atoms with Crippen LogP contribution in [0, 0.1) is 13.8 Å². The topological polar surface area (TPSA) is 94.8 Å². The molecule has 0 aliphatic rings. The Morgan fingerprint density at radius 3 is 2.57 bits per heavy atom. The van der Waals surface area contributed by atoms with Gasteiger partial charge in [0.15, 0.2) is 5.65 Å². The third-order valence-electron chi connectivity index (χ3n) is 5.49. The fourth-order valence-electron chi connectivity index (χ4n) is 3.76. The van der Waals surface area contributed by atoms with E-state index in [0.29, 0.717) is 28.0 Å². The Bertz CT molecular complexity index is 1520. The molecule has 0 radical (unpaired) electrons. The average Bonchev–Trinajstić information content (AvgIpc) is 3.47. The molecule has 0 bridgehead atoms. The molecule has 0 aliphatic carbocycles. The molecule has 1 aromatic carbocycles. The van der Waals surface area contributed by atoms with Crippen LogP contribution in [-0.4, -0.2) is 30.6 Å². The Morgan fingerprint density at radius 1 is 1.09 bits per heavy atom. The van der Waals surface area contributed by atoms with Crippen molar-refractivity contribution in [1.82, 2.24) is 24.7 Å². The first-order valence-corrected chi connectivity index (χ1v) is 12.0. The molecule has 0 saturated heterocycles. The van der Waals surface area contributed by atoms with E-state index in [1.54, 1.807) is 42.1 Å². The second-order valence-electron chi connectivity index (χ2n) is 8.45. The van der Waals surface area contributed by atoms with Gasteiger partial charge in [-0.3, -0.25) is 4.79 Å². The molecule has 0 atom stereocenters. The number of fused-ring (bicyclic) bond motifs is 1. The summed E-state index contributed by atoms with van der Waals surface area (Å²) < 4.78 is 7.55. The number of aromatic nitrogens is 5. The Labute approximate surface area is 206 Å². The number of hydrogen-bond donors (Lipinski definition) is 1. The lowest BCUT2D eigenvalue weighted by Crippen LogP contribution is -2.14. The van der Waals surface area contributed by atoms with Crippen molar-refractivity contribution in [2.24, 2.45) is 0 Å². The summed E-state index contributed by atoms with van der Waals surface area (Å²) in [5.74, 6) is 0.366. The smallest absolute Gasteiger partial charge is 0.321 e. The number of rotatable bonds is 6. The molecule has 0 saturated carbocycles. The molecule has 35 heavy (non-hydrogen) atoms. The molecular weight excluding hydrogens is 460 g/mol. The predicted molar refractivity (Wildman–Crippen MR) is 137 cm³/mol. The lowest BCUT2D eigenvalue weighted by atomic mass is 10.1. The summed E-state index contributed by atoms with van der Waals surface area (Å²) in [4.78, 5) is 28.7. The summed E-state index contributed by atoms with van der Waals surface area (Å²) in [6.07, 6.45) is 4.95. The minimum absolute atomic E-state index is 0.111. The van der Waals surface area contributed by atoms with Gasteiger partial charge in [0, 0.05) is 29.0 Å². The number of carbonyl (C=O) groups excluding carboxylic acids is 1. The Hall–Kier alpha value is -4.11. The van der Waals surface area contributed by atoms with Crippen LogP contribution in [0.2, 0.25) is 0 Å². The van der Waals surface area contributed by atoms with E-state index < -0.39 is 0 Å². The summed E-state index contributed by atoms with van der Waals surface area (Å²) in [6, 6.07) is 13.5. The van der Waals surface area contributed by atoms with Crippen molar-refractivity contribution in [2.45, 2.75) is 33.7 Å². The van der Waals surface area contributed by atoms with E-state index in [0.717, 1.165) is 16.1 Å². The van der Waals surface area contributed by atoms with Crippen molar-refractivity contribution < 1.29 is 9.53 Å². The van der Waals surface area contributed by atoms with E-state index in [1.165, 1.54) is 4.88 Å². The van der Waals surface area contributed by atoms with Gasteiger partial charge in [-0.1, -0.05) is 0 Å². The Kier molecular flexibility index (Phi) is 6.00. The van der Waals surface area contributed by atoms with Crippen molar-refractivity contribution in [2.75, 3.05) is 5.32 Å². The van der Waals surface area contributed by atoms with Crippen LogP contribution in [0.3, 0.4) is 0 Å². The van der Waals surface area contributed by atoms with E-state index in [1.807, 2.05) is 49.7 Å². The molecule has 8 nitrogen and oxygen atoms in total. The third kappa shape index (κ3) is 4.63. The molecule has 0 spiro atoms. The zero-order valence-electron chi connectivity index (χ0n) is 19.8. The quantitative estimate of drug-likeness (QED) is 0.309. The first-order chi connectivity index (χ1) is 16.9. The van der Waals surface area contributed by atoms with Crippen LogP contribution in [0.15, 0.2) is 61.1 Å². The van der Waals surface area contributed by atoms with Crippen LogP contribution in [0.4, 0.5) is 5.69 Å². The van der Waals surface area contributed by atoms with Crippen LogP contribution in [0.25, 0.3) is 21.6 Å². The number of nitrogens with one attached hydrogen (secondary N) is 1. The average molecular weight is 485 g/mol. The fourth-order valence-corrected chi connectivity index (χ4v) is 4.58. The highest BCUT2D eigenvalue weighted by atomic mass is 32.1. The SMILES string of the molecule is Cc1ccc(-c2cc(C(=O)Nc3ccc(Oc4ncccn4)cc3C)c3cnn(C(C)C)c3n2)s1. The number of thiophene rings is 1. The first-order valence-electron chi connectivity index (χ1n) is 11.2. The molecule has 4 heterocycles. The maximum Gasteiger partial charge on any atom is 0.321 e. The van der Waals surface area contributed by atoms with Crippen molar-refractivity contribution in [3.05, 3.63) is 77.1 Å². The number of hydrogen-bond acceptors (Lipinski definition) is 7. The van der Waals surface area contributed by atoms with Crippen LogP contribution in [-0.2, 0) is 0 Å². The Morgan fingerprint density at radius 2 is 1.89 bits per heavy atom. The minimum Gasteiger partial charge on any atom is -0.424 e. The van der Waals surface area contributed by atoms with Crippen LogP contribution in [0.1, 0.15) is 40.7 Å². The van der Waals surface area contributed by atoms with Gasteiger partial charge >= 0.3 is 6.01 Å². The first kappa shape index (κ1) is 22.7. The number of pyridine rings is 1.